The summed E-state index contributed by atoms with van der Waals surface area (Å²) in [6.45, 7) is 2.24. The normalized spacial score (nSPS) is 16.8. The van der Waals surface area contributed by atoms with Crippen LogP contribution in [-0.2, 0) is 4.79 Å². The number of likely N-dealkylation sites (tertiary alicyclic amines) is 1. The summed E-state index contributed by atoms with van der Waals surface area (Å²) in [6, 6.07) is 3.91. The molecule has 0 saturated carbocycles. The molecule has 2 rings (SSSR count). The number of hydrogen-bond donors (Lipinski definition) is 2. The second-order valence-electron chi connectivity index (χ2n) is 5.36. The van der Waals surface area contributed by atoms with Crippen LogP contribution in [0.1, 0.15) is 23.2 Å². The number of carbonyl (C=O) groups excluding carboxylic acids is 2. The van der Waals surface area contributed by atoms with E-state index in [2.05, 4.69) is 21.2 Å². The Bertz CT molecular complexity index is 574. The summed E-state index contributed by atoms with van der Waals surface area (Å²) in [5.41, 5.74) is 5.82. The van der Waals surface area contributed by atoms with E-state index < -0.39 is 11.7 Å². The molecule has 0 aliphatic carbocycles. The molecule has 1 aliphatic rings. The van der Waals surface area contributed by atoms with Crippen LogP contribution in [0.5, 0.6) is 0 Å². The number of nitrogens with one attached hydrogen (secondary N) is 1. The van der Waals surface area contributed by atoms with Gasteiger partial charge < -0.3 is 16.0 Å². The van der Waals surface area contributed by atoms with E-state index in [1.165, 1.54) is 12.1 Å². The van der Waals surface area contributed by atoms with Gasteiger partial charge in [0.1, 0.15) is 5.82 Å². The van der Waals surface area contributed by atoms with Crippen molar-refractivity contribution in [3.63, 3.8) is 0 Å². The van der Waals surface area contributed by atoms with Crippen LogP contribution < -0.4 is 11.1 Å². The number of halogens is 3. The molecule has 1 heterocycles. The highest BCUT2D eigenvalue weighted by molar-refractivity contribution is 9.10. The number of nitrogens with zero attached hydrogens (tertiary/aromatic N) is 1. The molecule has 1 atom stereocenters. The van der Waals surface area contributed by atoms with E-state index in [1.807, 2.05) is 0 Å². The van der Waals surface area contributed by atoms with Gasteiger partial charge in [-0.15, -0.1) is 12.4 Å². The van der Waals surface area contributed by atoms with Crippen molar-refractivity contribution < 1.29 is 14.0 Å². The molecule has 1 fully saturated rings. The van der Waals surface area contributed by atoms with Crippen LogP contribution in [0.2, 0.25) is 0 Å². The number of amides is 2. The highest BCUT2D eigenvalue weighted by Crippen LogP contribution is 2.18. The third-order valence-corrected chi connectivity index (χ3v) is 4.46. The van der Waals surface area contributed by atoms with Crippen LogP contribution in [0.4, 0.5) is 4.39 Å². The topological polar surface area (TPSA) is 75.4 Å². The van der Waals surface area contributed by atoms with Crippen molar-refractivity contribution in [2.75, 3.05) is 26.2 Å². The van der Waals surface area contributed by atoms with Gasteiger partial charge in [-0.05, 0) is 53.0 Å². The Morgan fingerprint density at radius 2 is 2.17 bits per heavy atom. The molecule has 128 valence electrons. The van der Waals surface area contributed by atoms with E-state index in [0.717, 1.165) is 19.0 Å². The first-order chi connectivity index (χ1) is 10.5. The van der Waals surface area contributed by atoms with Crippen LogP contribution in [0, 0.1) is 11.7 Å². The van der Waals surface area contributed by atoms with E-state index >= 15 is 0 Å². The van der Waals surface area contributed by atoms with Gasteiger partial charge in [0.05, 0.1) is 5.56 Å². The van der Waals surface area contributed by atoms with Crippen molar-refractivity contribution in [3.05, 3.63) is 34.1 Å². The van der Waals surface area contributed by atoms with Crippen molar-refractivity contribution in [1.82, 2.24) is 10.2 Å². The fourth-order valence-electron chi connectivity index (χ4n) is 2.46. The average molecular weight is 409 g/mol. The first kappa shape index (κ1) is 19.9. The first-order valence-electron chi connectivity index (χ1n) is 7.22. The minimum absolute atomic E-state index is 0. The molecule has 1 aromatic carbocycles. The summed E-state index contributed by atoms with van der Waals surface area (Å²) in [6.07, 6.45) is 1.17. The molecular weight excluding hydrogens is 389 g/mol. The Kier molecular flexibility index (Phi) is 7.94. The molecule has 5 nitrogen and oxygen atoms in total. The molecule has 1 saturated heterocycles. The zero-order valence-corrected chi connectivity index (χ0v) is 15.0. The largest absolute Gasteiger partial charge is 0.351 e. The summed E-state index contributed by atoms with van der Waals surface area (Å²) in [5.74, 6) is -0.494. The lowest BCUT2D eigenvalue weighted by molar-refractivity contribution is -0.130. The van der Waals surface area contributed by atoms with Crippen LogP contribution in [-0.4, -0.2) is 42.9 Å². The molecule has 8 heteroatoms. The Labute approximate surface area is 149 Å². The second kappa shape index (κ2) is 9.20. The van der Waals surface area contributed by atoms with Crippen LogP contribution >= 0.6 is 28.3 Å². The predicted octanol–water partition coefficient (Wildman–Crippen LogP) is 1.94. The van der Waals surface area contributed by atoms with Crippen molar-refractivity contribution in [2.24, 2.45) is 11.7 Å². The Hall–Kier alpha value is -1.18. The summed E-state index contributed by atoms with van der Waals surface area (Å²) >= 11 is 3.21. The standard InChI is InChI=1S/C15H19BrFN3O2.ClH/c16-13-2-1-11(17)7-12(13)15(22)19-5-3-14(21)20-6-4-10(8-18)9-20;/h1-2,7,10H,3-6,8-9,18H2,(H,19,22);1H. The van der Waals surface area contributed by atoms with Crippen molar-refractivity contribution in [3.8, 4) is 0 Å². The summed E-state index contributed by atoms with van der Waals surface area (Å²) < 4.78 is 13.7. The van der Waals surface area contributed by atoms with Crippen LogP contribution in [0.15, 0.2) is 22.7 Å². The van der Waals surface area contributed by atoms with Gasteiger partial charge in [0, 0.05) is 30.5 Å². The predicted molar refractivity (Wildman–Crippen MR) is 92.0 cm³/mol. The van der Waals surface area contributed by atoms with E-state index in [9.17, 15) is 14.0 Å². The monoisotopic (exact) mass is 407 g/mol. The van der Waals surface area contributed by atoms with E-state index in [1.54, 1.807) is 4.90 Å². The molecule has 1 unspecified atom stereocenters. The quantitative estimate of drug-likeness (QED) is 0.782. The lowest BCUT2D eigenvalue weighted by atomic mass is 10.1. The second-order valence-corrected chi connectivity index (χ2v) is 6.21. The first-order valence-corrected chi connectivity index (χ1v) is 8.01. The highest BCUT2D eigenvalue weighted by Gasteiger charge is 2.24. The van der Waals surface area contributed by atoms with Gasteiger partial charge in [0.25, 0.3) is 5.91 Å². The maximum Gasteiger partial charge on any atom is 0.252 e. The van der Waals surface area contributed by atoms with Crippen molar-refractivity contribution >= 4 is 40.2 Å². The van der Waals surface area contributed by atoms with Crippen LogP contribution in [0.3, 0.4) is 0 Å². The number of benzene rings is 1. The number of carbonyl (C=O) groups is 2. The lowest BCUT2D eigenvalue weighted by Crippen LogP contribution is -2.33. The number of rotatable bonds is 5. The zero-order valence-electron chi connectivity index (χ0n) is 12.6. The molecule has 1 aromatic rings. The Balaban J connectivity index is 0.00000264. The van der Waals surface area contributed by atoms with E-state index in [4.69, 9.17) is 5.73 Å². The highest BCUT2D eigenvalue weighted by atomic mass is 79.9. The SMILES string of the molecule is Cl.NCC1CCN(C(=O)CCNC(=O)c2cc(F)ccc2Br)C1. The van der Waals surface area contributed by atoms with Gasteiger partial charge in [0.2, 0.25) is 5.91 Å². The van der Waals surface area contributed by atoms with Gasteiger partial charge >= 0.3 is 0 Å². The van der Waals surface area contributed by atoms with Gasteiger partial charge in [-0.2, -0.15) is 0 Å². The average Bonchev–Trinajstić information content (AvgIpc) is 2.98. The van der Waals surface area contributed by atoms with Gasteiger partial charge in [-0.1, -0.05) is 0 Å². The van der Waals surface area contributed by atoms with E-state index in [-0.39, 0.29) is 36.8 Å². The molecule has 3 N–H and O–H groups in total. The third kappa shape index (κ3) is 5.44. The van der Waals surface area contributed by atoms with Crippen molar-refractivity contribution in [2.45, 2.75) is 12.8 Å². The third-order valence-electron chi connectivity index (χ3n) is 3.77. The Morgan fingerprint density at radius 3 is 2.83 bits per heavy atom. The van der Waals surface area contributed by atoms with Gasteiger partial charge in [0.15, 0.2) is 0 Å². The molecule has 1 aliphatic heterocycles. The maximum absolute atomic E-state index is 13.2. The molecular formula is C15H20BrClFN3O2. The van der Waals surface area contributed by atoms with Gasteiger partial charge in [-0.25, -0.2) is 4.39 Å². The number of hydrogen-bond acceptors (Lipinski definition) is 3. The fraction of sp³-hybridized carbons (Fsp3) is 0.467. The smallest absolute Gasteiger partial charge is 0.252 e. The summed E-state index contributed by atoms with van der Waals surface area (Å²) in [5, 5.41) is 2.64. The lowest BCUT2D eigenvalue weighted by Gasteiger charge is -2.16. The van der Waals surface area contributed by atoms with Crippen molar-refractivity contribution in [1.29, 1.82) is 0 Å². The fourth-order valence-corrected chi connectivity index (χ4v) is 2.89. The Morgan fingerprint density at radius 1 is 1.43 bits per heavy atom. The minimum Gasteiger partial charge on any atom is -0.351 e. The molecule has 0 spiro atoms. The van der Waals surface area contributed by atoms with E-state index in [0.29, 0.717) is 23.5 Å². The molecule has 0 aromatic heterocycles. The zero-order chi connectivity index (χ0) is 16.1. The van der Waals surface area contributed by atoms with Gasteiger partial charge in [-0.3, -0.25) is 9.59 Å². The molecule has 0 radical (unpaired) electrons. The number of nitrogens with two attached hydrogens (primary N) is 1. The molecule has 2 amide bonds. The van der Waals surface area contributed by atoms with Crippen LogP contribution in [0.25, 0.3) is 0 Å². The minimum atomic E-state index is -0.477. The summed E-state index contributed by atoms with van der Waals surface area (Å²) in [4.78, 5) is 25.8. The summed E-state index contributed by atoms with van der Waals surface area (Å²) in [7, 11) is 0. The molecule has 0 bridgehead atoms. The maximum atomic E-state index is 13.2. The molecule has 23 heavy (non-hydrogen) atoms.